The van der Waals surface area contributed by atoms with Crippen LogP contribution in [0.15, 0.2) is 21.6 Å². The van der Waals surface area contributed by atoms with Crippen molar-refractivity contribution in [1.82, 2.24) is 5.32 Å². The summed E-state index contributed by atoms with van der Waals surface area (Å²) in [6.07, 6.45) is 5.50. The lowest BCUT2D eigenvalue weighted by Gasteiger charge is -2.12. The van der Waals surface area contributed by atoms with Gasteiger partial charge in [-0.25, -0.2) is 0 Å². The highest BCUT2D eigenvalue weighted by atomic mass is 32.2. The van der Waals surface area contributed by atoms with E-state index in [-0.39, 0.29) is 0 Å². The second-order valence-electron chi connectivity index (χ2n) is 3.73. The molecule has 1 heterocycles. The molecule has 2 nitrogen and oxygen atoms in total. The van der Waals surface area contributed by atoms with Crippen molar-refractivity contribution >= 4 is 11.8 Å². The highest BCUT2D eigenvalue weighted by Gasteiger charge is 2.04. The number of furan rings is 1. The smallest absolute Gasteiger partial charge is 0.114 e. The number of hydrogen-bond donors (Lipinski definition) is 1. The summed E-state index contributed by atoms with van der Waals surface area (Å²) in [5, 5.41) is 3.33. The first kappa shape index (κ1) is 12.7. The summed E-state index contributed by atoms with van der Waals surface area (Å²) in [5.74, 6) is 2.22. The molecule has 0 spiro atoms. The van der Waals surface area contributed by atoms with Crippen molar-refractivity contribution in [2.75, 3.05) is 12.8 Å². The number of rotatable bonds is 7. The van der Waals surface area contributed by atoms with Crippen molar-refractivity contribution in [3.63, 3.8) is 0 Å². The van der Waals surface area contributed by atoms with Gasteiger partial charge in [-0.3, -0.25) is 0 Å². The van der Waals surface area contributed by atoms with Gasteiger partial charge < -0.3 is 9.73 Å². The minimum absolute atomic E-state index is 0.677. The molecule has 0 fully saturated rings. The molecule has 1 rings (SSSR count). The van der Waals surface area contributed by atoms with Crippen molar-refractivity contribution in [2.45, 2.75) is 44.0 Å². The zero-order chi connectivity index (χ0) is 11.1. The average Bonchev–Trinajstić information content (AvgIpc) is 2.65. The van der Waals surface area contributed by atoms with Crippen LogP contribution in [-0.2, 0) is 0 Å². The Balaban J connectivity index is 2.14. The van der Waals surface area contributed by atoms with E-state index in [1.54, 1.807) is 6.26 Å². The molecule has 0 saturated heterocycles. The first-order valence-electron chi connectivity index (χ1n) is 5.62. The highest BCUT2D eigenvalue weighted by molar-refractivity contribution is 7.99. The van der Waals surface area contributed by atoms with Gasteiger partial charge in [-0.15, -0.1) is 11.8 Å². The fourth-order valence-corrected chi connectivity index (χ4v) is 2.52. The van der Waals surface area contributed by atoms with E-state index in [0.29, 0.717) is 6.04 Å². The molecule has 1 aromatic heterocycles. The van der Waals surface area contributed by atoms with E-state index in [9.17, 15) is 0 Å². The molecule has 3 heteroatoms. The van der Waals surface area contributed by atoms with E-state index in [1.165, 1.54) is 29.9 Å². The average molecular weight is 227 g/mol. The van der Waals surface area contributed by atoms with Gasteiger partial charge in [-0.2, -0.15) is 0 Å². The van der Waals surface area contributed by atoms with Crippen molar-refractivity contribution < 1.29 is 4.42 Å². The molecule has 86 valence electrons. The molecule has 1 aromatic rings. The van der Waals surface area contributed by atoms with Crippen molar-refractivity contribution in [3.05, 3.63) is 18.1 Å². The summed E-state index contributed by atoms with van der Waals surface area (Å²) in [6, 6.07) is 2.73. The molecule has 0 aliphatic rings. The molecule has 0 aliphatic carbocycles. The van der Waals surface area contributed by atoms with Crippen LogP contribution in [-0.4, -0.2) is 18.8 Å². The third-order valence-electron chi connectivity index (χ3n) is 2.67. The summed E-state index contributed by atoms with van der Waals surface area (Å²) in [4.78, 5) is 1.28. The normalized spacial score (nSPS) is 13.0. The van der Waals surface area contributed by atoms with Crippen LogP contribution in [0, 0.1) is 6.92 Å². The van der Waals surface area contributed by atoms with Crippen LogP contribution in [0.3, 0.4) is 0 Å². The van der Waals surface area contributed by atoms with Gasteiger partial charge in [0.15, 0.2) is 0 Å². The van der Waals surface area contributed by atoms with Crippen LogP contribution in [0.25, 0.3) is 0 Å². The molecule has 0 bridgehead atoms. The largest absolute Gasteiger partial charge is 0.468 e. The Labute approximate surface area is 96.8 Å². The van der Waals surface area contributed by atoms with Gasteiger partial charge in [-0.05, 0) is 45.1 Å². The quantitative estimate of drug-likeness (QED) is 0.570. The topological polar surface area (TPSA) is 25.2 Å². The summed E-state index contributed by atoms with van der Waals surface area (Å²) in [5.41, 5.74) is 0. The van der Waals surface area contributed by atoms with Gasteiger partial charge in [0.25, 0.3) is 0 Å². The fourth-order valence-electron chi connectivity index (χ4n) is 1.59. The predicted octanol–water partition coefficient (Wildman–Crippen LogP) is 3.46. The maximum Gasteiger partial charge on any atom is 0.114 e. The monoisotopic (exact) mass is 227 g/mol. The molecule has 0 amide bonds. The van der Waals surface area contributed by atoms with Gasteiger partial charge in [0.05, 0.1) is 6.26 Å². The standard InChI is InChI=1S/C12H21NOS/c1-4-11(13-3)6-5-9-15-12-7-8-14-10(12)2/h7-8,11,13H,4-6,9H2,1-3H3. The summed E-state index contributed by atoms with van der Waals surface area (Å²) in [6.45, 7) is 4.25. The van der Waals surface area contributed by atoms with Crippen molar-refractivity contribution in [3.8, 4) is 0 Å². The van der Waals surface area contributed by atoms with E-state index in [4.69, 9.17) is 4.42 Å². The molecule has 0 aromatic carbocycles. The maximum atomic E-state index is 5.25. The fraction of sp³-hybridized carbons (Fsp3) is 0.667. The second kappa shape index (κ2) is 6.96. The Morgan fingerprint density at radius 1 is 1.53 bits per heavy atom. The van der Waals surface area contributed by atoms with E-state index in [1.807, 2.05) is 25.7 Å². The van der Waals surface area contributed by atoms with Crippen LogP contribution in [0.4, 0.5) is 0 Å². The molecule has 0 saturated carbocycles. The van der Waals surface area contributed by atoms with Gasteiger partial charge in [0.2, 0.25) is 0 Å². The third-order valence-corrected chi connectivity index (χ3v) is 3.89. The Morgan fingerprint density at radius 2 is 2.33 bits per heavy atom. The predicted molar refractivity (Wildman–Crippen MR) is 66.5 cm³/mol. The SMILES string of the molecule is CCC(CCCSc1ccoc1C)NC. The second-order valence-corrected chi connectivity index (χ2v) is 4.86. The summed E-state index contributed by atoms with van der Waals surface area (Å²) < 4.78 is 5.25. The number of thioether (sulfide) groups is 1. The first-order chi connectivity index (χ1) is 7.27. The molecule has 1 unspecified atom stereocenters. The lowest BCUT2D eigenvalue weighted by Crippen LogP contribution is -2.23. The number of aryl methyl sites for hydroxylation is 1. The Bertz CT molecular complexity index is 268. The lowest BCUT2D eigenvalue weighted by atomic mass is 10.1. The number of nitrogens with one attached hydrogen (secondary N) is 1. The Kier molecular flexibility index (Phi) is 5.88. The minimum Gasteiger partial charge on any atom is -0.468 e. The zero-order valence-electron chi connectivity index (χ0n) is 9.88. The van der Waals surface area contributed by atoms with Gasteiger partial charge >= 0.3 is 0 Å². The van der Waals surface area contributed by atoms with Crippen LogP contribution in [0.2, 0.25) is 0 Å². The molecule has 1 atom stereocenters. The third kappa shape index (κ3) is 4.31. The maximum absolute atomic E-state index is 5.25. The highest BCUT2D eigenvalue weighted by Crippen LogP contribution is 2.24. The summed E-state index contributed by atoms with van der Waals surface area (Å²) in [7, 11) is 2.04. The van der Waals surface area contributed by atoms with E-state index in [2.05, 4.69) is 18.3 Å². The Hall–Kier alpha value is -0.410. The molecular weight excluding hydrogens is 206 g/mol. The summed E-state index contributed by atoms with van der Waals surface area (Å²) >= 11 is 1.90. The molecule has 0 radical (unpaired) electrons. The van der Waals surface area contributed by atoms with Gasteiger partial charge in [0, 0.05) is 10.9 Å². The Morgan fingerprint density at radius 3 is 2.87 bits per heavy atom. The van der Waals surface area contributed by atoms with E-state index < -0.39 is 0 Å². The van der Waals surface area contributed by atoms with Gasteiger partial charge in [-0.1, -0.05) is 6.92 Å². The van der Waals surface area contributed by atoms with Crippen molar-refractivity contribution in [1.29, 1.82) is 0 Å². The lowest BCUT2D eigenvalue weighted by molar-refractivity contribution is 0.504. The van der Waals surface area contributed by atoms with Crippen LogP contribution < -0.4 is 5.32 Å². The number of hydrogen-bond acceptors (Lipinski definition) is 3. The van der Waals surface area contributed by atoms with E-state index >= 15 is 0 Å². The minimum atomic E-state index is 0.677. The first-order valence-corrected chi connectivity index (χ1v) is 6.60. The van der Waals surface area contributed by atoms with Crippen LogP contribution in [0.1, 0.15) is 31.9 Å². The van der Waals surface area contributed by atoms with Crippen molar-refractivity contribution in [2.24, 2.45) is 0 Å². The molecular formula is C12H21NOS. The van der Waals surface area contributed by atoms with Crippen LogP contribution >= 0.6 is 11.8 Å². The van der Waals surface area contributed by atoms with Gasteiger partial charge in [0.1, 0.15) is 5.76 Å². The zero-order valence-corrected chi connectivity index (χ0v) is 10.7. The molecule has 0 aliphatic heterocycles. The van der Waals surface area contributed by atoms with Crippen LogP contribution in [0.5, 0.6) is 0 Å². The molecule has 1 N–H and O–H groups in total. The van der Waals surface area contributed by atoms with E-state index in [0.717, 1.165) is 5.76 Å². The molecule has 15 heavy (non-hydrogen) atoms.